The second-order valence-corrected chi connectivity index (χ2v) is 4.66. The van der Waals surface area contributed by atoms with Crippen molar-refractivity contribution < 1.29 is 4.42 Å². The highest BCUT2D eigenvalue weighted by molar-refractivity contribution is 5.28. The molecule has 2 aromatic heterocycles. The average Bonchev–Trinajstić information content (AvgIpc) is 3.06. The van der Waals surface area contributed by atoms with E-state index in [2.05, 4.69) is 36.9 Å². The summed E-state index contributed by atoms with van der Waals surface area (Å²) in [6, 6.07) is 0.669. The largest absolute Gasteiger partial charge is 0.432 e. The van der Waals surface area contributed by atoms with E-state index in [1.807, 2.05) is 0 Å². The Kier molecular flexibility index (Phi) is 3.45. The SMILES string of the molecule is CCCNCc1coc(N2CCn3cnnc3C2)n1. The number of aromatic nitrogens is 4. The first kappa shape index (κ1) is 12.2. The number of nitrogens with zero attached hydrogens (tertiary/aromatic N) is 5. The first-order valence-corrected chi connectivity index (χ1v) is 6.63. The van der Waals surface area contributed by atoms with Crippen molar-refractivity contribution in [1.82, 2.24) is 25.1 Å². The van der Waals surface area contributed by atoms with Gasteiger partial charge in [0.2, 0.25) is 0 Å². The molecule has 0 spiro atoms. The van der Waals surface area contributed by atoms with Crippen molar-refractivity contribution in [1.29, 1.82) is 0 Å². The zero-order valence-electron chi connectivity index (χ0n) is 11.0. The second kappa shape index (κ2) is 5.40. The number of anilines is 1. The maximum atomic E-state index is 5.54. The van der Waals surface area contributed by atoms with Crippen LogP contribution in [0.1, 0.15) is 24.9 Å². The number of hydrogen-bond acceptors (Lipinski definition) is 6. The van der Waals surface area contributed by atoms with Gasteiger partial charge >= 0.3 is 0 Å². The molecular weight excluding hydrogens is 244 g/mol. The van der Waals surface area contributed by atoms with Gasteiger partial charge in [-0.3, -0.25) is 0 Å². The second-order valence-electron chi connectivity index (χ2n) is 4.66. The van der Waals surface area contributed by atoms with Crippen molar-refractivity contribution in [2.24, 2.45) is 0 Å². The standard InChI is InChI=1S/C12H18N6O/c1-2-3-13-6-10-8-19-12(15-10)17-4-5-18-9-14-16-11(18)7-17/h8-9,13H,2-7H2,1H3. The molecule has 3 rings (SSSR count). The molecule has 0 radical (unpaired) electrons. The van der Waals surface area contributed by atoms with Gasteiger partial charge in [0.1, 0.15) is 12.6 Å². The van der Waals surface area contributed by atoms with E-state index in [9.17, 15) is 0 Å². The fourth-order valence-corrected chi connectivity index (χ4v) is 2.15. The highest BCUT2D eigenvalue weighted by Crippen LogP contribution is 2.19. The topological polar surface area (TPSA) is 72.0 Å². The van der Waals surface area contributed by atoms with E-state index in [1.165, 1.54) is 0 Å². The van der Waals surface area contributed by atoms with Crippen LogP contribution in [-0.4, -0.2) is 32.8 Å². The number of rotatable bonds is 5. The van der Waals surface area contributed by atoms with Crippen molar-refractivity contribution in [2.75, 3.05) is 18.0 Å². The molecule has 0 bridgehead atoms. The summed E-state index contributed by atoms with van der Waals surface area (Å²) in [6.45, 7) is 6.32. The molecule has 0 fully saturated rings. The Morgan fingerprint density at radius 1 is 1.42 bits per heavy atom. The molecule has 7 heteroatoms. The van der Waals surface area contributed by atoms with Crippen molar-refractivity contribution in [2.45, 2.75) is 33.0 Å². The lowest BCUT2D eigenvalue weighted by atomic mass is 10.4. The van der Waals surface area contributed by atoms with E-state index in [-0.39, 0.29) is 0 Å². The van der Waals surface area contributed by atoms with Gasteiger partial charge in [-0.15, -0.1) is 10.2 Å². The van der Waals surface area contributed by atoms with Crippen LogP contribution in [0, 0.1) is 0 Å². The summed E-state index contributed by atoms with van der Waals surface area (Å²) in [5.74, 6) is 0.954. The van der Waals surface area contributed by atoms with E-state index in [4.69, 9.17) is 4.42 Å². The molecule has 7 nitrogen and oxygen atoms in total. The average molecular weight is 262 g/mol. The van der Waals surface area contributed by atoms with Crippen LogP contribution in [0.3, 0.4) is 0 Å². The zero-order valence-corrected chi connectivity index (χ0v) is 11.0. The van der Waals surface area contributed by atoms with E-state index < -0.39 is 0 Å². The maximum absolute atomic E-state index is 5.54. The zero-order chi connectivity index (χ0) is 13.1. The van der Waals surface area contributed by atoms with Crippen molar-refractivity contribution in [3.63, 3.8) is 0 Å². The van der Waals surface area contributed by atoms with Gasteiger partial charge in [-0.25, -0.2) is 0 Å². The lowest BCUT2D eigenvalue weighted by molar-refractivity contribution is 0.484. The smallest absolute Gasteiger partial charge is 0.297 e. The van der Waals surface area contributed by atoms with E-state index >= 15 is 0 Å². The van der Waals surface area contributed by atoms with Gasteiger partial charge in [0.25, 0.3) is 6.01 Å². The van der Waals surface area contributed by atoms with Crippen LogP contribution in [-0.2, 0) is 19.6 Å². The highest BCUT2D eigenvalue weighted by atomic mass is 16.4. The molecule has 102 valence electrons. The van der Waals surface area contributed by atoms with Gasteiger partial charge in [-0.1, -0.05) is 6.92 Å². The molecule has 0 amide bonds. The van der Waals surface area contributed by atoms with Crippen LogP contribution in [0.4, 0.5) is 6.01 Å². The normalized spacial score (nSPS) is 14.7. The van der Waals surface area contributed by atoms with Gasteiger partial charge in [-0.05, 0) is 13.0 Å². The maximum Gasteiger partial charge on any atom is 0.297 e. The molecule has 1 N–H and O–H groups in total. The number of hydrogen-bond donors (Lipinski definition) is 1. The Morgan fingerprint density at radius 3 is 3.26 bits per heavy atom. The minimum absolute atomic E-state index is 0.669. The minimum atomic E-state index is 0.669. The Balaban J connectivity index is 1.64. The molecule has 0 saturated carbocycles. The number of fused-ring (bicyclic) bond motifs is 1. The minimum Gasteiger partial charge on any atom is -0.432 e. The molecule has 1 aliphatic heterocycles. The number of nitrogens with one attached hydrogen (secondary N) is 1. The fourth-order valence-electron chi connectivity index (χ4n) is 2.15. The predicted molar refractivity (Wildman–Crippen MR) is 69.6 cm³/mol. The van der Waals surface area contributed by atoms with Gasteiger partial charge in [0, 0.05) is 19.6 Å². The molecule has 1 aliphatic rings. The predicted octanol–water partition coefficient (Wildman–Crippen LogP) is 0.786. The first-order chi connectivity index (χ1) is 9.36. The first-order valence-electron chi connectivity index (χ1n) is 6.63. The molecule has 0 unspecified atom stereocenters. The van der Waals surface area contributed by atoms with E-state index in [1.54, 1.807) is 12.6 Å². The van der Waals surface area contributed by atoms with Crippen LogP contribution in [0.15, 0.2) is 17.0 Å². The molecule has 0 saturated heterocycles. The molecule has 0 aliphatic carbocycles. The van der Waals surface area contributed by atoms with E-state index in [0.717, 1.165) is 44.1 Å². The molecule has 2 aromatic rings. The highest BCUT2D eigenvalue weighted by Gasteiger charge is 2.21. The van der Waals surface area contributed by atoms with Gasteiger partial charge in [-0.2, -0.15) is 4.98 Å². The molecule has 0 atom stereocenters. The van der Waals surface area contributed by atoms with Crippen molar-refractivity contribution in [3.8, 4) is 0 Å². The van der Waals surface area contributed by atoms with Crippen LogP contribution in [0.25, 0.3) is 0 Å². The summed E-state index contributed by atoms with van der Waals surface area (Å²) < 4.78 is 7.60. The third kappa shape index (κ3) is 2.60. The van der Waals surface area contributed by atoms with Gasteiger partial charge in [0.15, 0.2) is 5.82 Å². The summed E-state index contributed by atoms with van der Waals surface area (Å²) >= 11 is 0. The number of oxazole rings is 1. The Labute approximate surface area is 111 Å². The molecular formula is C12H18N6O. The lowest BCUT2D eigenvalue weighted by Crippen LogP contribution is -2.33. The molecule has 3 heterocycles. The summed E-state index contributed by atoms with van der Waals surface area (Å²) in [7, 11) is 0. The van der Waals surface area contributed by atoms with Crippen LogP contribution < -0.4 is 10.2 Å². The summed E-state index contributed by atoms with van der Waals surface area (Å²) in [6.07, 6.45) is 4.60. The van der Waals surface area contributed by atoms with Crippen molar-refractivity contribution >= 4 is 6.01 Å². The van der Waals surface area contributed by atoms with Crippen LogP contribution in [0.2, 0.25) is 0 Å². The monoisotopic (exact) mass is 262 g/mol. The van der Waals surface area contributed by atoms with Crippen LogP contribution in [0.5, 0.6) is 0 Å². The quantitative estimate of drug-likeness (QED) is 0.803. The Bertz CT molecular complexity index is 534. The lowest BCUT2D eigenvalue weighted by Gasteiger charge is -2.25. The van der Waals surface area contributed by atoms with Crippen LogP contribution >= 0.6 is 0 Å². The Hall–Kier alpha value is -1.89. The van der Waals surface area contributed by atoms with Crippen molar-refractivity contribution in [3.05, 3.63) is 24.1 Å². The summed E-state index contributed by atoms with van der Waals surface area (Å²) in [5.41, 5.74) is 0.940. The third-order valence-electron chi connectivity index (χ3n) is 3.18. The third-order valence-corrected chi connectivity index (χ3v) is 3.18. The molecule has 0 aromatic carbocycles. The van der Waals surface area contributed by atoms with Gasteiger partial charge in [0.05, 0.1) is 12.2 Å². The summed E-state index contributed by atoms with van der Waals surface area (Å²) in [4.78, 5) is 6.59. The Morgan fingerprint density at radius 2 is 2.37 bits per heavy atom. The molecule has 19 heavy (non-hydrogen) atoms. The van der Waals surface area contributed by atoms with E-state index in [0.29, 0.717) is 12.6 Å². The van der Waals surface area contributed by atoms with Gasteiger partial charge < -0.3 is 19.2 Å². The fraction of sp³-hybridized carbons (Fsp3) is 0.583. The summed E-state index contributed by atoms with van der Waals surface area (Å²) in [5, 5.41) is 11.3.